The van der Waals surface area contributed by atoms with E-state index in [1.807, 2.05) is 6.07 Å². The molecule has 6 nitrogen and oxygen atoms in total. The largest absolute Gasteiger partial charge is 0.391 e. The number of likely N-dealkylation sites (tertiary alicyclic amines) is 1. The zero-order valence-electron chi connectivity index (χ0n) is 11.3. The summed E-state index contributed by atoms with van der Waals surface area (Å²) < 4.78 is 0. The van der Waals surface area contributed by atoms with Gasteiger partial charge in [-0.05, 0) is 31.0 Å². The first kappa shape index (κ1) is 14.0. The minimum atomic E-state index is -0.453. The molecule has 110 valence electrons. The molecule has 1 fully saturated rings. The fourth-order valence-corrected chi connectivity index (χ4v) is 2.57. The Labute approximate surface area is 126 Å². The van der Waals surface area contributed by atoms with Crippen molar-refractivity contribution in [3.63, 3.8) is 0 Å². The van der Waals surface area contributed by atoms with E-state index in [-0.39, 0.29) is 11.6 Å². The van der Waals surface area contributed by atoms with Gasteiger partial charge < -0.3 is 10.0 Å². The average Bonchev–Trinajstić information content (AvgIpc) is 2.96. The predicted molar refractivity (Wildman–Crippen MR) is 77.5 cm³/mol. The lowest BCUT2D eigenvalue weighted by atomic mass is 10.1. The van der Waals surface area contributed by atoms with Crippen LogP contribution in [0.5, 0.6) is 0 Å². The Balaban J connectivity index is 1.80. The molecule has 0 bridgehead atoms. The third-order valence-corrected chi connectivity index (χ3v) is 3.67. The van der Waals surface area contributed by atoms with E-state index >= 15 is 0 Å². The minimum absolute atomic E-state index is 0.206. The van der Waals surface area contributed by atoms with Gasteiger partial charge in [0.25, 0.3) is 5.91 Å². The molecule has 1 aromatic carbocycles. The van der Waals surface area contributed by atoms with Crippen molar-refractivity contribution in [1.29, 1.82) is 0 Å². The first-order valence-electron chi connectivity index (χ1n) is 6.79. The van der Waals surface area contributed by atoms with Gasteiger partial charge in [0.2, 0.25) is 0 Å². The maximum atomic E-state index is 12.3. The number of hydrogen-bond acceptors (Lipinski definition) is 4. The SMILES string of the molecule is O=C(c1cnn(-c2cccc(Cl)c2)n1)N1CCCC(O)C1. The number of aromatic nitrogens is 3. The maximum absolute atomic E-state index is 12.3. The van der Waals surface area contributed by atoms with E-state index in [0.717, 1.165) is 12.8 Å². The van der Waals surface area contributed by atoms with E-state index < -0.39 is 6.10 Å². The topological polar surface area (TPSA) is 71.2 Å². The molecule has 21 heavy (non-hydrogen) atoms. The van der Waals surface area contributed by atoms with E-state index in [0.29, 0.717) is 23.8 Å². The number of amides is 1. The summed E-state index contributed by atoms with van der Waals surface area (Å²) in [6, 6.07) is 7.09. The first-order chi connectivity index (χ1) is 10.1. The Bertz CT molecular complexity index is 658. The monoisotopic (exact) mass is 306 g/mol. The summed E-state index contributed by atoms with van der Waals surface area (Å²) in [5.41, 5.74) is 0.962. The highest BCUT2D eigenvalue weighted by Gasteiger charge is 2.25. The molecule has 1 saturated heterocycles. The number of hydrogen-bond donors (Lipinski definition) is 1. The highest BCUT2D eigenvalue weighted by molar-refractivity contribution is 6.30. The second kappa shape index (κ2) is 5.83. The van der Waals surface area contributed by atoms with Crippen molar-refractivity contribution >= 4 is 17.5 Å². The Morgan fingerprint density at radius 1 is 1.43 bits per heavy atom. The maximum Gasteiger partial charge on any atom is 0.276 e. The predicted octanol–water partition coefficient (Wildman–Crippen LogP) is 1.52. The molecule has 1 aromatic heterocycles. The van der Waals surface area contributed by atoms with Crippen LogP contribution in [-0.2, 0) is 0 Å². The van der Waals surface area contributed by atoms with Crippen molar-refractivity contribution in [3.8, 4) is 5.69 Å². The van der Waals surface area contributed by atoms with Gasteiger partial charge in [0, 0.05) is 18.1 Å². The van der Waals surface area contributed by atoms with E-state index in [4.69, 9.17) is 11.6 Å². The highest BCUT2D eigenvalue weighted by atomic mass is 35.5. The quantitative estimate of drug-likeness (QED) is 0.913. The third kappa shape index (κ3) is 3.06. The summed E-state index contributed by atoms with van der Waals surface area (Å²) in [6.07, 6.45) is 2.52. The van der Waals surface area contributed by atoms with Crippen LogP contribution in [-0.4, -0.2) is 50.1 Å². The van der Waals surface area contributed by atoms with Crippen LogP contribution in [0.25, 0.3) is 5.69 Å². The summed E-state index contributed by atoms with van der Waals surface area (Å²) in [5, 5.41) is 18.5. The molecule has 1 aliphatic rings. The van der Waals surface area contributed by atoms with E-state index in [9.17, 15) is 9.90 Å². The number of nitrogens with zero attached hydrogens (tertiary/aromatic N) is 4. The van der Waals surface area contributed by atoms with Crippen LogP contribution in [0.15, 0.2) is 30.5 Å². The van der Waals surface area contributed by atoms with Crippen molar-refractivity contribution in [3.05, 3.63) is 41.2 Å². The van der Waals surface area contributed by atoms with Crippen LogP contribution in [0, 0.1) is 0 Å². The standard InChI is InChI=1S/C14H15ClN4O2/c15-10-3-1-4-11(7-10)19-16-8-13(17-19)14(21)18-6-2-5-12(20)9-18/h1,3-4,7-8,12,20H,2,5-6,9H2. The molecular weight excluding hydrogens is 292 g/mol. The smallest absolute Gasteiger partial charge is 0.276 e. The lowest BCUT2D eigenvalue weighted by molar-refractivity contribution is 0.0468. The average molecular weight is 307 g/mol. The molecule has 0 spiro atoms. The number of rotatable bonds is 2. The van der Waals surface area contributed by atoms with Crippen LogP contribution in [0.4, 0.5) is 0 Å². The molecule has 0 radical (unpaired) electrons. The summed E-state index contributed by atoms with van der Waals surface area (Å²) >= 11 is 5.93. The van der Waals surface area contributed by atoms with Crippen LogP contribution < -0.4 is 0 Å². The van der Waals surface area contributed by atoms with E-state index in [1.54, 1.807) is 23.1 Å². The van der Waals surface area contributed by atoms with Crippen molar-refractivity contribution < 1.29 is 9.90 Å². The van der Waals surface area contributed by atoms with Crippen molar-refractivity contribution in [2.24, 2.45) is 0 Å². The molecule has 1 aliphatic heterocycles. The summed E-state index contributed by atoms with van der Waals surface area (Å²) in [7, 11) is 0. The van der Waals surface area contributed by atoms with Gasteiger partial charge in [-0.2, -0.15) is 9.90 Å². The molecule has 2 aromatic rings. The zero-order chi connectivity index (χ0) is 14.8. The fraction of sp³-hybridized carbons (Fsp3) is 0.357. The van der Waals surface area contributed by atoms with Crippen LogP contribution >= 0.6 is 11.6 Å². The van der Waals surface area contributed by atoms with Gasteiger partial charge in [0.1, 0.15) is 0 Å². The molecule has 0 saturated carbocycles. The normalized spacial score (nSPS) is 18.8. The molecule has 3 rings (SSSR count). The Morgan fingerprint density at radius 3 is 3.05 bits per heavy atom. The highest BCUT2D eigenvalue weighted by Crippen LogP contribution is 2.15. The number of piperidine rings is 1. The zero-order valence-corrected chi connectivity index (χ0v) is 12.1. The number of carbonyl (C=O) groups is 1. The number of aliphatic hydroxyl groups is 1. The lowest BCUT2D eigenvalue weighted by Gasteiger charge is -2.29. The molecule has 2 heterocycles. The molecule has 1 unspecified atom stereocenters. The third-order valence-electron chi connectivity index (χ3n) is 3.43. The Kier molecular flexibility index (Phi) is 3.90. The summed E-state index contributed by atoms with van der Waals surface area (Å²) in [5.74, 6) is -0.206. The molecular formula is C14H15ClN4O2. The van der Waals surface area contributed by atoms with Gasteiger partial charge in [-0.1, -0.05) is 17.7 Å². The van der Waals surface area contributed by atoms with Gasteiger partial charge >= 0.3 is 0 Å². The lowest BCUT2D eigenvalue weighted by Crippen LogP contribution is -2.42. The molecule has 1 N–H and O–H groups in total. The van der Waals surface area contributed by atoms with Crippen molar-refractivity contribution in [2.75, 3.05) is 13.1 Å². The Morgan fingerprint density at radius 2 is 2.29 bits per heavy atom. The second-order valence-electron chi connectivity index (χ2n) is 5.05. The fourth-order valence-electron chi connectivity index (χ4n) is 2.39. The van der Waals surface area contributed by atoms with Crippen LogP contribution in [0.3, 0.4) is 0 Å². The van der Waals surface area contributed by atoms with Crippen LogP contribution in [0.2, 0.25) is 5.02 Å². The number of β-amino-alcohol motifs (C(OH)–C–C–N with tert-alkyl or cyclic N) is 1. The van der Waals surface area contributed by atoms with Gasteiger partial charge in [0.15, 0.2) is 5.69 Å². The molecule has 1 amide bonds. The molecule has 0 aliphatic carbocycles. The molecule has 7 heteroatoms. The summed E-state index contributed by atoms with van der Waals surface area (Å²) in [6.45, 7) is 0.989. The van der Waals surface area contributed by atoms with E-state index in [1.165, 1.54) is 11.0 Å². The van der Waals surface area contributed by atoms with Gasteiger partial charge in [-0.25, -0.2) is 0 Å². The number of aliphatic hydroxyl groups excluding tert-OH is 1. The van der Waals surface area contributed by atoms with Gasteiger partial charge in [-0.15, -0.1) is 5.10 Å². The minimum Gasteiger partial charge on any atom is -0.391 e. The number of carbonyl (C=O) groups excluding carboxylic acids is 1. The van der Waals surface area contributed by atoms with Crippen molar-refractivity contribution in [1.82, 2.24) is 19.9 Å². The van der Waals surface area contributed by atoms with Gasteiger partial charge in [0.05, 0.1) is 18.0 Å². The molecule has 1 atom stereocenters. The second-order valence-corrected chi connectivity index (χ2v) is 5.48. The van der Waals surface area contributed by atoms with E-state index in [2.05, 4.69) is 10.2 Å². The number of benzene rings is 1. The summed E-state index contributed by atoms with van der Waals surface area (Å²) in [4.78, 5) is 15.3. The number of halogens is 1. The van der Waals surface area contributed by atoms with Crippen molar-refractivity contribution in [2.45, 2.75) is 18.9 Å². The first-order valence-corrected chi connectivity index (χ1v) is 7.17. The Hall–Kier alpha value is -1.92. The van der Waals surface area contributed by atoms with Gasteiger partial charge in [-0.3, -0.25) is 4.79 Å². The van der Waals surface area contributed by atoms with Crippen LogP contribution in [0.1, 0.15) is 23.3 Å².